The Morgan fingerprint density at radius 2 is 1.88 bits per heavy atom. The fourth-order valence-corrected chi connectivity index (χ4v) is 3.82. The lowest BCUT2D eigenvalue weighted by atomic mass is 9.99. The quantitative estimate of drug-likeness (QED) is 0.408. The predicted octanol–water partition coefficient (Wildman–Crippen LogP) is 3.72. The number of fused-ring (bicyclic) bond motifs is 1. The van der Waals surface area contributed by atoms with Crippen LogP contribution in [0.4, 0.5) is 0 Å². The van der Waals surface area contributed by atoms with Gasteiger partial charge in [0, 0.05) is 25.6 Å². The number of carbonyl (C=O) groups excluding carboxylic acids is 2. The number of likely N-dealkylation sites (tertiary alicyclic amines) is 1. The molecule has 0 atom stereocenters. The fourth-order valence-electron chi connectivity index (χ4n) is 3.82. The number of amides is 1. The zero-order chi connectivity index (χ0) is 23.6. The molecule has 0 unspecified atom stereocenters. The highest BCUT2D eigenvalue weighted by atomic mass is 16.6. The zero-order valence-corrected chi connectivity index (χ0v) is 19.0. The van der Waals surface area contributed by atoms with Crippen molar-refractivity contribution in [2.75, 3.05) is 26.3 Å². The Hall–Kier alpha value is -3.29. The number of nitrogens with zero attached hydrogens (tertiary/aromatic N) is 2. The van der Waals surface area contributed by atoms with Crippen LogP contribution in [0.3, 0.4) is 0 Å². The van der Waals surface area contributed by atoms with Gasteiger partial charge in [0.1, 0.15) is 17.1 Å². The number of aromatic hydroxyl groups is 2. The van der Waals surface area contributed by atoms with E-state index in [0.29, 0.717) is 23.6 Å². The van der Waals surface area contributed by atoms with Crippen molar-refractivity contribution < 1.29 is 29.4 Å². The summed E-state index contributed by atoms with van der Waals surface area (Å²) < 4.78 is 5.29. The summed E-state index contributed by atoms with van der Waals surface area (Å²) in [7, 11) is 0. The highest BCUT2D eigenvalue weighted by Crippen LogP contribution is 2.29. The van der Waals surface area contributed by atoms with Crippen LogP contribution in [-0.4, -0.2) is 59.0 Å². The summed E-state index contributed by atoms with van der Waals surface area (Å²) in [4.78, 5) is 32.2. The number of phenols is 2. The molecule has 0 aliphatic carbocycles. The SMILES string of the molecule is CC1CCN(C(=O)CON=C2C=CCCC=CCCOC(=O)c3c(O)cc(O)cc3C2)CC1. The minimum absolute atomic E-state index is 0.0200. The van der Waals surface area contributed by atoms with Gasteiger partial charge >= 0.3 is 5.97 Å². The van der Waals surface area contributed by atoms with E-state index in [1.807, 2.05) is 18.2 Å². The summed E-state index contributed by atoms with van der Waals surface area (Å²) in [6.45, 7) is 3.65. The summed E-state index contributed by atoms with van der Waals surface area (Å²) in [5.74, 6) is -0.704. The van der Waals surface area contributed by atoms with Crippen molar-refractivity contribution in [2.24, 2.45) is 11.1 Å². The first-order valence-electron chi connectivity index (χ1n) is 11.4. The average molecular weight is 457 g/mol. The number of hydrogen-bond acceptors (Lipinski definition) is 7. The molecule has 2 aliphatic heterocycles. The lowest BCUT2D eigenvalue weighted by molar-refractivity contribution is -0.137. The molecule has 2 aliphatic rings. The number of carbonyl (C=O) groups is 2. The molecule has 0 radical (unpaired) electrons. The number of hydrogen-bond donors (Lipinski definition) is 2. The maximum atomic E-state index is 12.6. The van der Waals surface area contributed by atoms with E-state index in [4.69, 9.17) is 9.57 Å². The third kappa shape index (κ3) is 7.37. The van der Waals surface area contributed by atoms with Crippen LogP contribution in [0, 0.1) is 5.92 Å². The largest absolute Gasteiger partial charge is 0.508 e. The van der Waals surface area contributed by atoms with Crippen LogP contribution in [0.5, 0.6) is 11.5 Å². The Morgan fingerprint density at radius 1 is 1.15 bits per heavy atom. The second-order valence-electron chi connectivity index (χ2n) is 8.47. The third-order valence-electron chi connectivity index (χ3n) is 5.76. The number of piperidine rings is 1. The topological polar surface area (TPSA) is 109 Å². The molecule has 33 heavy (non-hydrogen) atoms. The van der Waals surface area contributed by atoms with Crippen molar-refractivity contribution in [3.8, 4) is 11.5 Å². The average Bonchev–Trinajstić information content (AvgIpc) is 2.77. The number of benzene rings is 1. The van der Waals surface area contributed by atoms with Crippen LogP contribution in [0.1, 0.15) is 54.9 Å². The Bertz CT molecular complexity index is 929. The Balaban J connectivity index is 1.78. The molecule has 0 bridgehead atoms. The van der Waals surface area contributed by atoms with E-state index in [1.54, 1.807) is 11.0 Å². The number of ether oxygens (including phenoxy) is 1. The minimum atomic E-state index is -0.674. The molecule has 178 valence electrons. The van der Waals surface area contributed by atoms with Gasteiger partial charge in [-0.1, -0.05) is 30.3 Å². The van der Waals surface area contributed by atoms with E-state index in [0.717, 1.165) is 44.8 Å². The van der Waals surface area contributed by atoms with E-state index >= 15 is 0 Å². The van der Waals surface area contributed by atoms with Gasteiger partial charge in [0.05, 0.1) is 12.3 Å². The maximum absolute atomic E-state index is 12.6. The summed E-state index contributed by atoms with van der Waals surface area (Å²) in [6.07, 6.45) is 11.9. The molecule has 0 aromatic heterocycles. The van der Waals surface area contributed by atoms with E-state index in [1.165, 1.54) is 6.07 Å². The maximum Gasteiger partial charge on any atom is 0.342 e. The summed E-state index contributed by atoms with van der Waals surface area (Å²) in [6, 6.07) is 2.50. The summed E-state index contributed by atoms with van der Waals surface area (Å²) >= 11 is 0. The van der Waals surface area contributed by atoms with Crippen molar-refractivity contribution in [1.82, 2.24) is 4.90 Å². The van der Waals surface area contributed by atoms with E-state index in [-0.39, 0.29) is 42.6 Å². The second kappa shape index (κ2) is 12.1. The van der Waals surface area contributed by atoms with Gasteiger partial charge in [-0.25, -0.2) is 4.79 Å². The van der Waals surface area contributed by atoms with Gasteiger partial charge in [-0.3, -0.25) is 4.79 Å². The monoisotopic (exact) mass is 456 g/mol. The molecular formula is C25H32N2O6. The normalized spacial score (nSPS) is 19.6. The van der Waals surface area contributed by atoms with Crippen LogP contribution >= 0.6 is 0 Å². The van der Waals surface area contributed by atoms with Crippen molar-refractivity contribution >= 4 is 17.6 Å². The zero-order valence-electron chi connectivity index (χ0n) is 19.0. The first-order chi connectivity index (χ1) is 15.9. The molecule has 8 nitrogen and oxygen atoms in total. The molecule has 0 saturated carbocycles. The van der Waals surface area contributed by atoms with Gasteiger partial charge in [0.2, 0.25) is 0 Å². The van der Waals surface area contributed by atoms with Crippen molar-refractivity contribution in [2.45, 2.75) is 45.4 Å². The van der Waals surface area contributed by atoms with E-state index in [9.17, 15) is 19.8 Å². The molecule has 1 fully saturated rings. The van der Waals surface area contributed by atoms with Crippen LogP contribution in [0.15, 0.2) is 41.6 Å². The van der Waals surface area contributed by atoms with Crippen LogP contribution < -0.4 is 0 Å². The van der Waals surface area contributed by atoms with Crippen LogP contribution in [-0.2, 0) is 20.8 Å². The third-order valence-corrected chi connectivity index (χ3v) is 5.76. The highest BCUT2D eigenvalue weighted by Gasteiger charge is 2.22. The molecule has 2 heterocycles. The van der Waals surface area contributed by atoms with Gasteiger partial charge in [-0.2, -0.15) is 0 Å². The number of phenolic OH excluding ortho intramolecular Hbond substituents is 2. The summed E-state index contributed by atoms with van der Waals surface area (Å²) in [5, 5.41) is 24.4. The van der Waals surface area contributed by atoms with Crippen molar-refractivity contribution in [3.05, 3.63) is 47.6 Å². The smallest absolute Gasteiger partial charge is 0.342 e. The first-order valence-corrected chi connectivity index (χ1v) is 11.4. The molecule has 2 N–H and O–H groups in total. The molecule has 0 spiro atoms. The Kier molecular flexibility index (Phi) is 8.92. The molecule has 1 aromatic carbocycles. The number of cyclic esters (lactones) is 1. The fraction of sp³-hybridized carbons (Fsp3) is 0.480. The molecule has 1 amide bonds. The van der Waals surface area contributed by atoms with Gasteiger partial charge in [0.25, 0.3) is 5.91 Å². The first kappa shape index (κ1) is 24.4. The van der Waals surface area contributed by atoms with Crippen molar-refractivity contribution in [3.63, 3.8) is 0 Å². The standard InChI is InChI=1S/C25H32N2O6/c1-18-9-11-27(12-10-18)23(30)17-33-26-20-8-6-4-2-3-5-7-13-32-25(31)24-19(14-20)15-21(28)16-22(24)29/h3,5-6,8,15-16,18,28-29H,2,4,7,9-14,17H2,1H3. The number of esters is 1. The van der Waals surface area contributed by atoms with E-state index in [2.05, 4.69) is 12.1 Å². The lowest BCUT2D eigenvalue weighted by Gasteiger charge is -2.29. The lowest BCUT2D eigenvalue weighted by Crippen LogP contribution is -2.39. The predicted molar refractivity (Wildman–Crippen MR) is 124 cm³/mol. The van der Waals surface area contributed by atoms with Gasteiger partial charge < -0.3 is 24.7 Å². The molecule has 1 aromatic rings. The van der Waals surface area contributed by atoms with Crippen LogP contribution in [0.2, 0.25) is 0 Å². The molecule has 3 rings (SSSR count). The molecular weight excluding hydrogens is 424 g/mol. The van der Waals surface area contributed by atoms with Gasteiger partial charge in [0.15, 0.2) is 6.61 Å². The highest BCUT2D eigenvalue weighted by molar-refractivity contribution is 6.00. The van der Waals surface area contributed by atoms with E-state index < -0.39 is 5.97 Å². The molecule has 8 heteroatoms. The van der Waals surface area contributed by atoms with Crippen molar-refractivity contribution in [1.29, 1.82) is 0 Å². The minimum Gasteiger partial charge on any atom is -0.508 e. The Morgan fingerprint density at radius 3 is 2.67 bits per heavy atom. The number of allylic oxidation sites excluding steroid dienone is 3. The van der Waals surface area contributed by atoms with Gasteiger partial charge in [-0.15, -0.1) is 0 Å². The second-order valence-corrected chi connectivity index (χ2v) is 8.47. The molecule has 1 saturated heterocycles. The number of oxime groups is 1. The summed E-state index contributed by atoms with van der Waals surface area (Å²) in [5.41, 5.74) is 0.789. The van der Waals surface area contributed by atoms with Gasteiger partial charge in [-0.05, 0) is 55.7 Å². The Labute approximate surface area is 194 Å². The number of rotatable bonds is 3. The van der Waals surface area contributed by atoms with Crippen LogP contribution in [0.25, 0.3) is 0 Å².